The van der Waals surface area contributed by atoms with Crippen molar-refractivity contribution >= 4 is 10.9 Å². The normalized spacial score (nSPS) is 16.9. The smallest absolute Gasteiger partial charge is 0.124 e. The third kappa shape index (κ3) is 2.54. The van der Waals surface area contributed by atoms with Crippen LogP contribution < -0.4 is 10.1 Å². The van der Waals surface area contributed by atoms with E-state index in [9.17, 15) is 0 Å². The minimum Gasteiger partial charge on any atom is -0.496 e. The summed E-state index contributed by atoms with van der Waals surface area (Å²) in [5.74, 6) is 0.989. The minimum atomic E-state index is 0.208. The Kier molecular flexibility index (Phi) is 3.84. The van der Waals surface area contributed by atoms with Crippen LogP contribution in [0.3, 0.4) is 0 Å². The van der Waals surface area contributed by atoms with Crippen molar-refractivity contribution in [2.45, 2.75) is 40.2 Å². The van der Waals surface area contributed by atoms with Gasteiger partial charge in [0, 0.05) is 23.1 Å². The summed E-state index contributed by atoms with van der Waals surface area (Å²) < 4.78 is 5.54. The predicted molar refractivity (Wildman–Crippen MR) is 104 cm³/mol. The first kappa shape index (κ1) is 16.2. The van der Waals surface area contributed by atoms with Gasteiger partial charge in [0.1, 0.15) is 5.75 Å². The molecule has 3 aromatic rings. The Morgan fingerprint density at radius 2 is 1.68 bits per heavy atom. The monoisotopic (exact) mass is 334 g/mol. The van der Waals surface area contributed by atoms with Gasteiger partial charge < -0.3 is 15.0 Å². The average molecular weight is 334 g/mol. The lowest BCUT2D eigenvalue weighted by Crippen LogP contribution is -2.30. The number of benzene rings is 2. The standard InChI is InChI=1S/C22H26N2O/c1-12-8-13(2)19-18(9-12)17-6-7-23-20(21(17)24-19)16-10-14(3)22(25-5)15(4)11-16/h8-11,20,23-24H,6-7H2,1-5H3. The van der Waals surface area contributed by atoms with E-state index in [0.717, 1.165) is 18.7 Å². The maximum absolute atomic E-state index is 5.54. The van der Waals surface area contributed by atoms with E-state index in [0.29, 0.717) is 0 Å². The fourth-order valence-corrected chi connectivity index (χ4v) is 4.44. The van der Waals surface area contributed by atoms with Gasteiger partial charge in [-0.15, -0.1) is 0 Å². The highest BCUT2D eigenvalue weighted by Crippen LogP contribution is 2.37. The molecule has 130 valence electrons. The number of H-pyrrole nitrogens is 1. The molecule has 4 rings (SSSR count). The Bertz CT molecular complexity index is 945. The number of aromatic nitrogens is 1. The number of hydrogen-bond acceptors (Lipinski definition) is 2. The molecule has 3 nitrogen and oxygen atoms in total. The van der Waals surface area contributed by atoms with Gasteiger partial charge in [-0.05, 0) is 68.0 Å². The largest absolute Gasteiger partial charge is 0.496 e. The van der Waals surface area contributed by atoms with Crippen LogP contribution in [0.2, 0.25) is 0 Å². The van der Waals surface area contributed by atoms with Gasteiger partial charge in [-0.3, -0.25) is 0 Å². The lowest BCUT2D eigenvalue weighted by molar-refractivity contribution is 0.408. The van der Waals surface area contributed by atoms with Gasteiger partial charge in [0.25, 0.3) is 0 Å². The Balaban J connectivity index is 1.89. The number of rotatable bonds is 2. The third-order valence-electron chi connectivity index (χ3n) is 5.42. The Hall–Kier alpha value is -2.26. The number of aromatic amines is 1. The van der Waals surface area contributed by atoms with Crippen molar-refractivity contribution in [3.63, 3.8) is 0 Å². The summed E-state index contributed by atoms with van der Waals surface area (Å²) in [6.07, 6.45) is 1.07. The SMILES string of the molecule is COc1c(C)cc(C2NCCc3c2[nH]c2c(C)cc(C)cc32)cc1C. The fourth-order valence-electron chi connectivity index (χ4n) is 4.44. The summed E-state index contributed by atoms with van der Waals surface area (Å²) in [5.41, 5.74) is 10.4. The molecule has 2 N–H and O–H groups in total. The molecule has 1 aliphatic rings. The van der Waals surface area contributed by atoms with Gasteiger partial charge in [0.2, 0.25) is 0 Å². The molecule has 0 bridgehead atoms. The van der Waals surface area contributed by atoms with E-state index in [4.69, 9.17) is 4.74 Å². The average Bonchev–Trinajstić information content (AvgIpc) is 2.93. The van der Waals surface area contributed by atoms with Crippen molar-refractivity contribution in [3.8, 4) is 5.75 Å². The first-order chi connectivity index (χ1) is 12.0. The van der Waals surface area contributed by atoms with Crippen LogP contribution in [0, 0.1) is 27.7 Å². The summed E-state index contributed by atoms with van der Waals surface area (Å²) in [6, 6.07) is 9.29. The van der Waals surface area contributed by atoms with Gasteiger partial charge >= 0.3 is 0 Å². The topological polar surface area (TPSA) is 37.0 Å². The van der Waals surface area contributed by atoms with Crippen LogP contribution in [0.4, 0.5) is 0 Å². The molecule has 0 spiro atoms. The molecule has 0 saturated carbocycles. The predicted octanol–water partition coefficient (Wildman–Crippen LogP) is 4.65. The molecule has 0 amide bonds. The van der Waals surface area contributed by atoms with E-state index in [1.807, 2.05) is 0 Å². The number of aryl methyl sites for hydroxylation is 4. The van der Waals surface area contributed by atoms with Crippen LogP contribution >= 0.6 is 0 Å². The summed E-state index contributed by atoms with van der Waals surface area (Å²) in [5, 5.41) is 5.10. The highest BCUT2D eigenvalue weighted by molar-refractivity contribution is 5.88. The number of hydrogen-bond donors (Lipinski definition) is 2. The first-order valence-corrected chi connectivity index (χ1v) is 8.99. The molecule has 3 heteroatoms. The van der Waals surface area contributed by atoms with Crippen molar-refractivity contribution in [1.29, 1.82) is 0 Å². The molecule has 0 saturated heterocycles. The molecule has 1 atom stereocenters. The van der Waals surface area contributed by atoms with Gasteiger partial charge in [0.15, 0.2) is 0 Å². The van der Waals surface area contributed by atoms with Crippen molar-refractivity contribution in [2.75, 3.05) is 13.7 Å². The molecule has 0 aliphatic carbocycles. The van der Waals surface area contributed by atoms with E-state index in [-0.39, 0.29) is 6.04 Å². The van der Waals surface area contributed by atoms with Gasteiger partial charge in [-0.2, -0.15) is 0 Å². The molecular weight excluding hydrogens is 308 g/mol. The fraction of sp³-hybridized carbons (Fsp3) is 0.364. The number of nitrogens with one attached hydrogen (secondary N) is 2. The molecule has 1 aromatic heterocycles. The number of fused-ring (bicyclic) bond motifs is 3. The maximum Gasteiger partial charge on any atom is 0.124 e. The molecule has 2 aromatic carbocycles. The summed E-state index contributed by atoms with van der Waals surface area (Å²) >= 11 is 0. The summed E-state index contributed by atoms with van der Waals surface area (Å²) in [7, 11) is 1.74. The van der Waals surface area contributed by atoms with Gasteiger partial charge in [-0.1, -0.05) is 23.8 Å². The van der Waals surface area contributed by atoms with Crippen molar-refractivity contribution in [2.24, 2.45) is 0 Å². The Morgan fingerprint density at radius 3 is 2.36 bits per heavy atom. The van der Waals surface area contributed by atoms with Crippen LogP contribution in [-0.2, 0) is 6.42 Å². The zero-order chi connectivity index (χ0) is 17.7. The van der Waals surface area contributed by atoms with Crippen LogP contribution in [0.25, 0.3) is 10.9 Å². The van der Waals surface area contributed by atoms with Crippen molar-refractivity contribution in [3.05, 3.63) is 63.3 Å². The zero-order valence-electron chi connectivity index (χ0n) is 15.7. The second-order valence-corrected chi connectivity index (χ2v) is 7.35. The van der Waals surface area contributed by atoms with Crippen LogP contribution in [0.15, 0.2) is 24.3 Å². The van der Waals surface area contributed by atoms with Crippen molar-refractivity contribution < 1.29 is 4.74 Å². The highest BCUT2D eigenvalue weighted by Gasteiger charge is 2.26. The Labute approximate surface area is 149 Å². The van der Waals surface area contributed by atoms with Crippen LogP contribution in [-0.4, -0.2) is 18.6 Å². The Morgan fingerprint density at radius 1 is 0.960 bits per heavy atom. The minimum absolute atomic E-state index is 0.208. The molecule has 0 radical (unpaired) electrons. The molecule has 1 unspecified atom stereocenters. The molecular formula is C22H26N2O. The lowest BCUT2D eigenvalue weighted by Gasteiger charge is -2.26. The zero-order valence-corrected chi connectivity index (χ0v) is 15.7. The molecule has 2 heterocycles. The third-order valence-corrected chi connectivity index (χ3v) is 5.42. The summed E-state index contributed by atoms with van der Waals surface area (Å²) in [6.45, 7) is 9.62. The van der Waals surface area contributed by atoms with E-state index < -0.39 is 0 Å². The molecule has 1 aliphatic heterocycles. The van der Waals surface area contributed by atoms with E-state index >= 15 is 0 Å². The highest BCUT2D eigenvalue weighted by atomic mass is 16.5. The van der Waals surface area contributed by atoms with E-state index in [1.165, 1.54) is 50.0 Å². The lowest BCUT2D eigenvalue weighted by atomic mass is 9.92. The first-order valence-electron chi connectivity index (χ1n) is 8.99. The quantitative estimate of drug-likeness (QED) is 0.716. The second-order valence-electron chi connectivity index (χ2n) is 7.35. The second kappa shape index (κ2) is 5.92. The van der Waals surface area contributed by atoms with E-state index in [1.54, 1.807) is 7.11 Å². The summed E-state index contributed by atoms with van der Waals surface area (Å²) in [4.78, 5) is 3.73. The number of methoxy groups -OCH3 is 1. The van der Waals surface area contributed by atoms with Gasteiger partial charge in [-0.25, -0.2) is 0 Å². The van der Waals surface area contributed by atoms with Crippen LogP contribution in [0.1, 0.15) is 45.1 Å². The van der Waals surface area contributed by atoms with Crippen LogP contribution in [0.5, 0.6) is 5.75 Å². The van der Waals surface area contributed by atoms with Gasteiger partial charge in [0.05, 0.1) is 13.2 Å². The molecule has 25 heavy (non-hydrogen) atoms. The van der Waals surface area contributed by atoms with Crippen molar-refractivity contribution in [1.82, 2.24) is 10.3 Å². The molecule has 0 fully saturated rings. The number of ether oxygens (including phenoxy) is 1. The maximum atomic E-state index is 5.54. The van der Waals surface area contributed by atoms with E-state index in [2.05, 4.69) is 62.3 Å².